The average Bonchev–Trinajstić information content (AvgIpc) is 3.38. The summed E-state index contributed by atoms with van der Waals surface area (Å²) >= 11 is 1.83. The first kappa shape index (κ1) is 31.2. The van der Waals surface area contributed by atoms with Crippen molar-refractivity contribution in [2.24, 2.45) is 0 Å². The molecular formula is C34H41N3O4S. The lowest BCUT2D eigenvalue weighted by molar-refractivity contribution is -0.143. The number of nitrogens with zero attached hydrogens (tertiary/aromatic N) is 2. The molecule has 222 valence electrons. The monoisotopic (exact) mass is 587 g/mol. The summed E-state index contributed by atoms with van der Waals surface area (Å²) in [6.45, 7) is 13.1. The minimum Gasteiger partial charge on any atom is -0.460 e. The third-order valence-electron chi connectivity index (χ3n) is 6.85. The third kappa shape index (κ3) is 7.16. The SMILES string of the molecule is CCCCSc1ccc(-c2nn(-c3ccccc3)cc2C2C(C(=O)OC(C)C)=C(C)NC(C)=C2C(=O)OC(C)C)cc1. The van der Waals surface area contributed by atoms with Crippen molar-refractivity contribution in [3.05, 3.63) is 88.9 Å². The number of benzene rings is 2. The van der Waals surface area contributed by atoms with Crippen LogP contribution in [0.1, 0.15) is 72.8 Å². The van der Waals surface area contributed by atoms with E-state index in [1.54, 1.807) is 4.68 Å². The van der Waals surface area contributed by atoms with E-state index in [0.717, 1.165) is 35.4 Å². The molecule has 0 saturated carbocycles. The van der Waals surface area contributed by atoms with Crippen LogP contribution in [0.2, 0.25) is 0 Å². The van der Waals surface area contributed by atoms with E-state index in [0.29, 0.717) is 28.2 Å². The molecule has 4 rings (SSSR count). The molecule has 0 aliphatic carbocycles. The molecule has 1 aliphatic heterocycles. The number of allylic oxidation sites excluding steroid dienone is 2. The van der Waals surface area contributed by atoms with E-state index in [-0.39, 0.29) is 12.2 Å². The van der Waals surface area contributed by atoms with Crippen LogP contribution in [0.25, 0.3) is 16.9 Å². The Bertz CT molecular complexity index is 1430. The molecule has 1 N–H and O–H groups in total. The van der Waals surface area contributed by atoms with Crippen molar-refractivity contribution in [3.63, 3.8) is 0 Å². The van der Waals surface area contributed by atoms with E-state index in [9.17, 15) is 9.59 Å². The minimum atomic E-state index is -0.755. The van der Waals surface area contributed by atoms with Crippen molar-refractivity contribution < 1.29 is 19.1 Å². The normalized spacial score (nSPS) is 14.0. The zero-order valence-electron chi connectivity index (χ0n) is 25.6. The fourth-order valence-electron chi connectivity index (χ4n) is 4.98. The molecule has 1 aliphatic rings. The van der Waals surface area contributed by atoms with Gasteiger partial charge in [0.2, 0.25) is 0 Å². The maximum atomic E-state index is 13.7. The van der Waals surface area contributed by atoms with Crippen LogP contribution in [0.4, 0.5) is 0 Å². The quantitative estimate of drug-likeness (QED) is 0.141. The maximum absolute atomic E-state index is 13.7. The molecule has 0 amide bonds. The number of para-hydroxylation sites is 1. The Hall–Kier alpha value is -3.78. The van der Waals surface area contributed by atoms with Crippen LogP contribution in [-0.2, 0) is 19.1 Å². The van der Waals surface area contributed by atoms with Crippen LogP contribution >= 0.6 is 11.8 Å². The molecule has 3 aromatic rings. The minimum absolute atomic E-state index is 0.333. The summed E-state index contributed by atoms with van der Waals surface area (Å²) in [5.41, 5.74) is 5.15. The van der Waals surface area contributed by atoms with Crippen molar-refractivity contribution in [1.29, 1.82) is 0 Å². The molecule has 7 nitrogen and oxygen atoms in total. The Morgan fingerprint density at radius 2 is 1.48 bits per heavy atom. The van der Waals surface area contributed by atoms with Gasteiger partial charge in [0, 0.05) is 33.6 Å². The summed E-state index contributed by atoms with van der Waals surface area (Å²) in [5.74, 6) is -0.656. The number of esters is 2. The van der Waals surface area contributed by atoms with E-state index in [4.69, 9.17) is 14.6 Å². The number of dihydropyridines is 1. The highest BCUT2D eigenvalue weighted by Gasteiger charge is 2.41. The van der Waals surface area contributed by atoms with Gasteiger partial charge in [0.25, 0.3) is 0 Å². The summed E-state index contributed by atoms with van der Waals surface area (Å²) in [6, 6.07) is 18.1. The van der Waals surface area contributed by atoms with Gasteiger partial charge < -0.3 is 14.8 Å². The lowest BCUT2D eigenvalue weighted by Crippen LogP contribution is -2.33. The lowest BCUT2D eigenvalue weighted by atomic mass is 9.79. The highest BCUT2D eigenvalue weighted by Crippen LogP contribution is 2.43. The van der Waals surface area contributed by atoms with Gasteiger partial charge in [-0.05, 0) is 78.0 Å². The van der Waals surface area contributed by atoms with Gasteiger partial charge in [0.1, 0.15) is 0 Å². The van der Waals surface area contributed by atoms with Crippen molar-refractivity contribution in [2.45, 2.75) is 84.3 Å². The maximum Gasteiger partial charge on any atom is 0.337 e. The number of unbranched alkanes of at least 4 members (excludes halogenated alkanes) is 1. The van der Waals surface area contributed by atoms with Crippen LogP contribution in [0.5, 0.6) is 0 Å². The van der Waals surface area contributed by atoms with Gasteiger partial charge in [-0.1, -0.05) is 43.7 Å². The predicted molar refractivity (Wildman–Crippen MR) is 168 cm³/mol. The zero-order chi connectivity index (χ0) is 30.4. The molecule has 2 heterocycles. The Morgan fingerprint density at radius 1 is 0.905 bits per heavy atom. The number of hydrogen-bond donors (Lipinski definition) is 1. The van der Waals surface area contributed by atoms with Gasteiger partial charge in [-0.2, -0.15) is 5.10 Å². The number of carbonyl (C=O) groups excluding carboxylic acids is 2. The van der Waals surface area contributed by atoms with E-state index in [2.05, 4.69) is 36.5 Å². The number of hydrogen-bond acceptors (Lipinski definition) is 7. The fraction of sp³-hybridized carbons (Fsp3) is 0.382. The van der Waals surface area contributed by atoms with E-state index >= 15 is 0 Å². The number of ether oxygens (including phenoxy) is 2. The molecule has 0 spiro atoms. The van der Waals surface area contributed by atoms with E-state index < -0.39 is 17.9 Å². The molecule has 0 bridgehead atoms. The van der Waals surface area contributed by atoms with Gasteiger partial charge in [-0.3, -0.25) is 0 Å². The van der Waals surface area contributed by atoms with Crippen molar-refractivity contribution in [1.82, 2.24) is 15.1 Å². The molecule has 0 fully saturated rings. The van der Waals surface area contributed by atoms with Crippen LogP contribution < -0.4 is 5.32 Å². The highest BCUT2D eigenvalue weighted by molar-refractivity contribution is 7.99. The molecule has 1 aromatic heterocycles. The summed E-state index contributed by atoms with van der Waals surface area (Å²) in [5, 5.41) is 8.28. The molecule has 8 heteroatoms. The molecule has 42 heavy (non-hydrogen) atoms. The second-order valence-corrected chi connectivity index (χ2v) is 12.2. The summed E-state index contributed by atoms with van der Waals surface area (Å²) in [6.07, 6.45) is 3.57. The fourth-order valence-corrected chi connectivity index (χ4v) is 5.98. The van der Waals surface area contributed by atoms with Crippen LogP contribution in [0, 0.1) is 0 Å². The van der Waals surface area contributed by atoms with Crippen molar-refractivity contribution in [3.8, 4) is 16.9 Å². The summed E-state index contributed by atoms with van der Waals surface area (Å²) in [7, 11) is 0. The second kappa shape index (κ2) is 13.9. The summed E-state index contributed by atoms with van der Waals surface area (Å²) < 4.78 is 13.2. The van der Waals surface area contributed by atoms with Gasteiger partial charge >= 0.3 is 11.9 Å². The molecule has 2 aromatic carbocycles. The largest absolute Gasteiger partial charge is 0.460 e. The highest BCUT2D eigenvalue weighted by atomic mass is 32.2. The van der Waals surface area contributed by atoms with E-state index in [1.807, 2.05) is 89.8 Å². The molecule has 0 saturated heterocycles. The second-order valence-electron chi connectivity index (χ2n) is 11.0. The number of nitrogens with one attached hydrogen (secondary N) is 1. The zero-order valence-corrected chi connectivity index (χ0v) is 26.4. The molecular weight excluding hydrogens is 546 g/mol. The average molecular weight is 588 g/mol. The van der Waals surface area contributed by atoms with Gasteiger partial charge in [0.05, 0.1) is 40.7 Å². The van der Waals surface area contributed by atoms with Gasteiger partial charge in [-0.15, -0.1) is 11.8 Å². The molecule has 0 atom stereocenters. The van der Waals surface area contributed by atoms with E-state index in [1.165, 1.54) is 4.90 Å². The van der Waals surface area contributed by atoms with Crippen molar-refractivity contribution in [2.75, 3.05) is 5.75 Å². The summed E-state index contributed by atoms with van der Waals surface area (Å²) in [4.78, 5) is 28.5. The smallest absolute Gasteiger partial charge is 0.337 e. The Labute approximate surface area is 253 Å². The Morgan fingerprint density at radius 3 is 2.00 bits per heavy atom. The van der Waals surface area contributed by atoms with Gasteiger partial charge in [0.15, 0.2) is 0 Å². The van der Waals surface area contributed by atoms with Crippen LogP contribution in [0.15, 0.2) is 88.2 Å². The topological polar surface area (TPSA) is 82.5 Å². The lowest BCUT2D eigenvalue weighted by Gasteiger charge is -2.31. The van der Waals surface area contributed by atoms with Crippen molar-refractivity contribution >= 4 is 23.7 Å². The first-order chi connectivity index (χ1) is 20.1. The Balaban J connectivity index is 1.93. The predicted octanol–water partition coefficient (Wildman–Crippen LogP) is 7.57. The third-order valence-corrected chi connectivity index (χ3v) is 7.95. The first-order valence-corrected chi connectivity index (χ1v) is 15.6. The standard InChI is InChI=1S/C34H41N3O4S/c1-8-9-19-42-27-17-15-25(16-18-27)32-28(20-37(36-32)26-13-11-10-12-14-26)31-29(33(38)40-21(2)3)23(6)35-24(7)30(31)34(39)41-22(4)5/h10-18,20-22,31,35H,8-9,19H2,1-7H3. The first-order valence-electron chi connectivity index (χ1n) is 14.6. The Kier molecular flexibility index (Phi) is 10.3. The molecule has 0 radical (unpaired) electrons. The number of thioether (sulfide) groups is 1. The van der Waals surface area contributed by atoms with Crippen LogP contribution in [-0.4, -0.2) is 39.7 Å². The number of rotatable bonds is 11. The molecule has 0 unspecified atom stereocenters. The number of carbonyl (C=O) groups is 2. The van der Waals surface area contributed by atoms with Gasteiger partial charge in [-0.25, -0.2) is 14.3 Å². The number of aromatic nitrogens is 2. The van der Waals surface area contributed by atoms with Crippen LogP contribution in [0.3, 0.4) is 0 Å².